The van der Waals surface area contributed by atoms with Gasteiger partial charge in [-0.25, -0.2) is 9.37 Å². The Morgan fingerprint density at radius 1 is 1.03 bits per heavy atom. The normalized spacial score (nSPS) is 10.4. The number of halogens is 1. The second-order valence-electron chi connectivity index (χ2n) is 6.72. The van der Waals surface area contributed by atoms with E-state index in [-0.39, 0.29) is 42.7 Å². The summed E-state index contributed by atoms with van der Waals surface area (Å²) in [5.74, 6) is -1.28. The van der Waals surface area contributed by atoms with Crippen LogP contribution in [0.4, 0.5) is 15.2 Å². The molecule has 7 nitrogen and oxygen atoms in total. The maximum absolute atomic E-state index is 14.3. The summed E-state index contributed by atoms with van der Waals surface area (Å²) in [4.78, 5) is 39.3. The number of aromatic nitrogens is 1. The zero-order valence-electron chi connectivity index (χ0n) is 16.8. The van der Waals surface area contributed by atoms with E-state index in [4.69, 9.17) is 0 Å². The lowest BCUT2D eigenvalue weighted by Gasteiger charge is -2.06. The molecule has 3 N–H and O–H groups in total. The second-order valence-corrected chi connectivity index (χ2v) is 7.58. The van der Waals surface area contributed by atoms with Crippen LogP contribution in [0, 0.1) is 5.82 Å². The van der Waals surface area contributed by atoms with Gasteiger partial charge in [-0.2, -0.15) is 0 Å². The number of amides is 3. The van der Waals surface area contributed by atoms with Gasteiger partial charge in [-0.3, -0.25) is 14.4 Å². The van der Waals surface area contributed by atoms with Crippen LogP contribution in [0.1, 0.15) is 18.9 Å². The zero-order chi connectivity index (χ0) is 22.2. The third kappa shape index (κ3) is 6.71. The van der Waals surface area contributed by atoms with Crippen LogP contribution in [-0.2, 0) is 20.8 Å². The summed E-state index contributed by atoms with van der Waals surface area (Å²) < 4.78 is 14.3. The van der Waals surface area contributed by atoms with Crippen molar-refractivity contribution in [3.8, 4) is 11.3 Å². The van der Waals surface area contributed by atoms with E-state index >= 15 is 0 Å². The zero-order valence-corrected chi connectivity index (χ0v) is 17.6. The number of carbonyl (C=O) groups is 3. The molecule has 3 rings (SSSR count). The van der Waals surface area contributed by atoms with Gasteiger partial charge in [0.25, 0.3) is 0 Å². The molecular weight excluding hydrogens is 419 g/mol. The number of nitrogens with zero attached hydrogens (tertiary/aromatic N) is 1. The van der Waals surface area contributed by atoms with Crippen LogP contribution < -0.4 is 16.0 Å². The minimum atomic E-state index is -0.532. The summed E-state index contributed by atoms with van der Waals surface area (Å²) in [7, 11) is 0. The first-order valence-corrected chi connectivity index (χ1v) is 10.4. The van der Waals surface area contributed by atoms with Crippen molar-refractivity contribution in [1.29, 1.82) is 0 Å². The Kier molecular flexibility index (Phi) is 7.45. The first-order valence-electron chi connectivity index (χ1n) is 9.54. The van der Waals surface area contributed by atoms with E-state index in [1.54, 1.807) is 11.4 Å². The van der Waals surface area contributed by atoms with E-state index in [1.807, 2.05) is 30.3 Å². The number of hydrogen-bond acceptors (Lipinski definition) is 5. The molecule has 3 amide bonds. The van der Waals surface area contributed by atoms with Gasteiger partial charge in [-0.1, -0.05) is 30.3 Å². The Morgan fingerprint density at radius 2 is 1.81 bits per heavy atom. The number of nitrogens with one attached hydrogen (secondary N) is 3. The van der Waals surface area contributed by atoms with Crippen LogP contribution in [0.15, 0.2) is 53.9 Å². The number of hydrogen-bond donors (Lipinski definition) is 3. The fourth-order valence-electron chi connectivity index (χ4n) is 2.80. The Morgan fingerprint density at radius 3 is 2.52 bits per heavy atom. The first kappa shape index (κ1) is 22.1. The Labute approximate surface area is 182 Å². The smallest absolute Gasteiger partial charge is 0.227 e. The van der Waals surface area contributed by atoms with Crippen molar-refractivity contribution in [1.82, 2.24) is 10.3 Å². The van der Waals surface area contributed by atoms with Gasteiger partial charge in [0.15, 0.2) is 5.13 Å². The van der Waals surface area contributed by atoms with Crippen molar-refractivity contribution < 1.29 is 18.8 Å². The minimum absolute atomic E-state index is 0.0925. The number of carbonyl (C=O) groups excluding carboxylic acids is 3. The van der Waals surface area contributed by atoms with Crippen molar-refractivity contribution >= 4 is 39.9 Å². The molecule has 3 aromatic rings. The van der Waals surface area contributed by atoms with E-state index in [1.165, 1.54) is 30.4 Å². The second kappa shape index (κ2) is 10.4. The summed E-state index contributed by atoms with van der Waals surface area (Å²) >= 11 is 1.17. The monoisotopic (exact) mass is 440 g/mol. The molecule has 0 saturated heterocycles. The fraction of sp³-hybridized carbons (Fsp3) is 0.182. The highest BCUT2D eigenvalue weighted by Gasteiger charge is 2.13. The molecule has 1 aromatic heterocycles. The summed E-state index contributed by atoms with van der Waals surface area (Å²) in [5.41, 5.74) is 1.89. The largest absolute Gasteiger partial charge is 0.355 e. The van der Waals surface area contributed by atoms with E-state index in [0.29, 0.717) is 16.5 Å². The van der Waals surface area contributed by atoms with Crippen molar-refractivity contribution in [3.05, 3.63) is 65.3 Å². The van der Waals surface area contributed by atoms with Gasteiger partial charge < -0.3 is 16.0 Å². The molecule has 1 heterocycles. The van der Waals surface area contributed by atoms with Gasteiger partial charge in [0.1, 0.15) is 5.82 Å². The highest BCUT2D eigenvalue weighted by molar-refractivity contribution is 7.14. The van der Waals surface area contributed by atoms with Gasteiger partial charge >= 0.3 is 0 Å². The van der Waals surface area contributed by atoms with E-state index in [0.717, 1.165) is 5.56 Å². The van der Waals surface area contributed by atoms with Crippen LogP contribution in [0.3, 0.4) is 0 Å². The van der Waals surface area contributed by atoms with E-state index < -0.39 is 5.82 Å². The maximum Gasteiger partial charge on any atom is 0.227 e. The molecule has 0 saturated carbocycles. The molecule has 0 unspecified atom stereocenters. The van der Waals surface area contributed by atoms with E-state index in [2.05, 4.69) is 20.9 Å². The number of thiazole rings is 1. The molecule has 0 atom stereocenters. The number of benzene rings is 2. The summed E-state index contributed by atoms with van der Waals surface area (Å²) in [6.45, 7) is 1.55. The van der Waals surface area contributed by atoms with Crippen molar-refractivity contribution in [2.45, 2.75) is 19.8 Å². The van der Waals surface area contributed by atoms with Crippen molar-refractivity contribution in [2.75, 3.05) is 17.2 Å². The molecule has 0 fully saturated rings. The topological polar surface area (TPSA) is 100 Å². The lowest BCUT2D eigenvalue weighted by Crippen LogP contribution is -2.28. The predicted molar refractivity (Wildman–Crippen MR) is 118 cm³/mol. The third-order valence-electron chi connectivity index (χ3n) is 4.20. The van der Waals surface area contributed by atoms with Gasteiger partial charge in [0.05, 0.1) is 12.1 Å². The lowest BCUT2D eigenvalue weighted by molar-refractivity contribution is -0.120. The van der Waals surface area contributed by atoms with Gasteiger partial charge in [0, 0.05) is 36.5 Å². The van der Waals surface area contributed by atoms with Gasteiger partial charge in [0.2, 0.25) is 17.7 Å². The summed E-state index contributed by atoms with van der Waals surface area (Å²) in [5, 5.41) is 9.84. The van der Waals surface area contributed by atoms with Crippen molar-refractivity contribution in [2.24, 2.45) is 0 Å². The molecule has 0 bridgehead atoms. The molecule has 0 aliphatic rings. The Hall–Kier alpha value is -3.59. The van der Waals surface area contributed by atoms with Crippen LogP contribution in [0.25, 0.3) is 11.3 Å². The highest BCUT2D eigenvalue weighted by Crippen LogP contribution is 2.28. The standard InChI is InChI=1S/C22H21FN4O3S/c1-14(28)25-16-7-8-17(18(23)12-16)19-13-31-22(26-19)27-20(29)9-10-24-21(30)11-15-5-3-2-4-6-15/h2-8,12-13H,9-11H2,1H3,(H,24,30)(H,25,28)(H,26,27,29). The summed E-state index contributed by atoms with van der Waals surface area (Å²) in [6, 6.07) is 13.6. The van der Waals surface area contributed by atoms with Gasteiger partial charge in [-0.15, -0.1) is 11.3 Å². The Bertz CT molecular complexity index is 1090. The molecule has 0 radical (unpaired) electrons. The van der Waals surface area contributed by atoms with Crippen molar-refractivity contribution in [3.63, 3.8) is 0 Å². The molecule has 0 aliphatic heterocycles. The predicted octanol–water partition coefficient (Wildman–Crippen LogP) is 3.60. The number of anilines is 2. The van der Waals surface area contributed by atoms with Crippen LogP contribution in [0.5, 0.6) is 0 Å². The quantitative estimate of drug-likeness (QED) is 0.498. The molecule has 0 spiro atoms. The molecule has 0 aliphatic carbocycles. The Balaban J connectivity index is 1.48. The molecule has 160 valence electrons. The first-order chi connectivity index (χ1) is 14.9. The maximum atomic E-state index is 14.3. The third-order valence-corrected chi connectivity index (χ3v) is 4.96. The minimum Gasteiger partial charge on any atom is -0.355 e. The van der Waals surface area contributed by atoms with E-state index in [9.17, 15) is 18.8 Å². The lowest BCUT2D eigenvalue weighted by atomic mass is 10.1. The molecule has 2 aromatic carbocycles. The van der Waals surface area contributed by atoms with Crippen LogP contribution >= 0.6 is 11.3 Å². The number of rotatable bonds is 8. The van der Waals surface area contributed by atoms with Crippen LogP contribution in [0.2, 0.25) is 0 Å². The van der Waals surface area contributed by atoms with Gasteiger partial charge in [-0.05, 0) is 23.8 Å². The fourth-order valence-corrected chi connectivity index (χ4v) is 3.53. The molecule has 31 heavy (non-hydrogen) atoms. The summed E-state index contributed by atoms with van der Waals surface area (Å²) in [6.07, 6.45) is 0.347. The highest BCUT2D eigenvalue weighted by atomic mass is 32.1. The average Bonchev–Trinajstić information content (AvgIpc) is 3.16. The molecular formula is C22H21FN4O3S. The van der Waals surface area contributed by atoms with Crippen LogP contribution in [-0.4, -0.2) is 29.3 Å². The SMILES string of the molecule is CC(=O)Nc1ccc(-c2csc(NC(=O)CCNC(=O)Cc3ccccc3)n2)c(F)c1. The molecule has 9 heteroatoms. The average molecular weight is 441 g/mol.